The molecular formula is C26H21F3N6O4. The van der Waals surface area contributed by atoms with Crippen LogP contribution in [-0.4, -0.2) is 39.8 Å². The molecule has 200 valence electrons. The molecule has 1 fully saturated rings. The van der Waals surface area contributed by atoms with E-state index in [0.717, 1.165) is 36.7 Å². The lowest BCUT2D eigenvalue weighted by Crippen LogP contribution is -2.39. The molecule has 1 aliphatic heterocycles. The third kappa shape index (κ3) is 4.54. The summed E-state index contributed by atoms with van der Waals surface area (Å²) in [6, 6.07) is 9.33. The maximum atomic E-state index is 13.5. The van der Waals surface area contributed by atoms with Crippen molar-refractivity contribution in [1.82, 2.24) is 20.1 Å². The molecule has 2 N–H and O–H groups in total. The average molecular weight is 538 g/mol. The number of H-pyrrole nitrogens is 1. The van der Waals surface area contributed by atoms with Gasteiger partial charge in [0.15, 0.2) is 0 Å². The number of ether oxygens (including phenoxy) is 1. The minimum Gasteiger partial charge on any atom is -0.466 e. The van der Waals surface area contributed by atoms with Crippen LogP contribution in [0, 0.1) is 11.3 Å². The van der Waals surface area contributed by atoms with Crippen LogP contribution >= 0.6 is 0 Å². The Labute approximate surface area is 219 Å². The number of esters is 1. The van der Waals surface area contributed by atoms with E-state index in [1.165, 1.54) is 42.2 Å². The summed E-state index contributed by atoms with van der Waals surface area (Å²) in [7, 11) is 1.13. The predicted molar refractivity (Wildman–Crippen MR) is 131 cm³/mol. The molecule has 1 unspecified atom stereocenters. The van der Waals surface area contributed by atoms with Gasteiger partial charge in [-0.3, -0.25) is 9.69 Å². The number of benzene rings is 2. The summed E-state index contributed by atoms with van der Waals surface area (Å²) < 4.78 is 46.6. The van der Waals surface area contributed by atoms with Gasteiger partial charge in [-0.2, -0.15) is 18.4 Å². The van der Waals surface area contributed by atoms with Gasteiger partial charge < -0.3 is 10.1 Å². The molecule has 0 spiro atoms. The molecule has 39 heavy (non-hydrogen) atoms. The van der Waals surface area contributed by atoms with Crippen molar-refractivity contribution in [3.05, 3.63) is 86.5 Å². The van der Waals surface area contributed by atoms with Gasteiger partial charge in [0, 0.05) is 23.0 Å². The summed E-state index contributed by atoms with van der Waals surface area (Å²) in [5, 5.41) is 18.6. The zero-order chi connectivity index (χ0) is 28.1. The summed E-state index contributed by atoms with van der Waals surface area (Å²) >= 11 is 0. The molecule has 1 aromatic heterocycles. The van der Waals surface area contributed by atoms with E-state index in [1.54, 1.807) is 0 Å². The van der Waals surface area contributed by atoms with Gasteiger partial charge in [-0.15, -0.1) is 5.10 Å². The number of amides is 1. The van der Waals surface area contributed by atoms with Crippen LogP contribution in [0.3, 0.4) is 0 Å². The Hall–Kier alpha value is -4.86. The van der Waals surface area contributed by atoms with Crippen LogP contribution < -0.4 is 15.9 Å². The van der Waals surface area contributed by atoms with E-state index in [1.807, 2.05) is 6.07 Å². The van der Waals surface area contributed by atoms with E-state index in [9.17, 15) is 32.8 Å². The Morgan fingerprint density at radius 1 is 1.21 bits per heavy atom. The molecule has 10 nitrogen and oxygen atoms in total. The molecule has 5 rings (SSSR count). The number of carbonyl (C=O) groups excluding carboxylic acids is 2. The third-order valence-corrected chi connectivity index (χ3v) is 6.61. The smallest absolute Gasteiger partial charge is 0.416 e. The lowest BCUT2D eigenvalue weighted by molar-refractivity contribution is -0.138. The molecule has 1 saturated carbocycles. The number of aromatic amines is 1. The second-order valence-electron chi connectivity index (χ2n) is 9.14. The summed E-state index contributed by atoms with van der Waals surface area (Å²) in [6.45, 7) is 1.48. The van der Waals surface area contributed by atoms with Crippen LogP contribution in [-0.2, 0) is 15.7 Å². The highest BCUT2D eigenvalue weighted by Crippen LogP contribution is 2.43. The second kappa shape index (κ2) is 9.46. The summed E-state index contributed by atoms with van der Waals surface area (Å²) in [5.41, 5.74) is -1.24. The van der Waals surface area contributed by atoms with Crippen molar-refractivity contribution >= 4 is 23.5 Å². The van der Waals surface area contributed by atoms with Crippen molar-refractivity contribution in [2.24, 2.45) is 0 Å². The Kier molecular flexibility index (Phi) is 6.26. The maximum Gasteiger partial charge on any atom is 0.416 e. The van der Waals surface area contributed by atoms with Crippen LogP contribution in [0.4, 0.5) is 24.8 Å². The number of nitriles is 1. The number of methoxy groups -OCH3 is 1. The lowest BCUT2D eigenvalue weighted by atomic mass is 9.89. The number of hydrogen-bond donors (Lipinski definition) is 2. The first-order valence-electron chi connectivity index (χ1n) is 11.8. The van der Waals surface area contributed by atoms with Gasteiger partial charge in [-0.25, -0.2) is 19.3 Å². The number of nitrogens with zero attached hydrogens (tertiary/aromatic N) is 4. The summed E-state index contributed by atoms with van der Waals surface area (Å²) in [5.74, 6) is -1.47. The first-order chi connectivity index (χ1) is 18.5. The minimum absolute atomic E-state index is 0.00560. The van der Waals surface area contributed by atoms with Gasteiger partial charge in [0.25, 0.3) is 5.91 Å². The highest BCUT2D eigenvalue weighted by molar-refractivity contribution is 5.99. The summed E-state index contributed by atoms with van der Waals surface area (Å²) in [6.07, 6.45) is -3.05. The molecule has 1 amide bonds. The number of halogens is 3. The second-order valence-corrected chi connectivity index (χ2v) is 9.14. The number of alkyl halides is 3. The topological polar surface area (TPSA) is 133 Å². The van der Waals surface area contributed by atoms with Crippen molar-refractivity contribution in [3.63, 3.8) is 0 Å². The first-order valence-corrected chi connectivity index (χ1v) is 11.8. The molecule has 13 heteroatoms. The summed E-state index contributed by atoms with van der Waals surface area (Å²) in [4.78, 5) is 40.8. The Bertz CT molecular complexity index is 1630. The van der Waals surface area contributed by atoms with Gasteiger partial charge in [0.2, 0.25) is 5.95 Å². The van der Waals surface area contributed by atoms with Gasteiger partial charge in [0.05, 0.1) is 29.9 Å². The number of nitrogens with one attached hydrogen (secondary N) is 2. The first kappa shape index (κ1) is 25.8. The van der Waals surface area contributed by atoms with Crippen LogP contribution in [0.2, 0.25) is 0 Å². The van der Waals surface area contributed by atoms with E-state index >= 15 is 0 Å². The van der Waals surface area contributed by atoms with Crippen molar-refractivity contribution in [3.8, 4) is 6.07 Å². The molecule has 3 aromatic rings. The standard InChI is InChI=1S/C26H21F3N6O4/c1-13-20(23(37)39-2)21(18-9-6-14(12-30)10-19(18)22(36)31-16-7-8-16)35-24(32-33-25(35)38)34(13)17-5-3-4-15(11-17)26(27,28)29/h3-6,9-11,16,21H,7-8H2,1-2H3,(H,31,36)(H,33,38). The Balaban J connectivity index is 1.77. The van der Waals surface area contributed by atoms with Crippen LogP contribution in [0.1, 0.15) is 52.9 Å². The fourth-order valence-corrected chi connectivity index (χ4v) is 4.63. The molecule has 2 aromatic carbocycles. The lowest BCUT2D eigenvalue weighted by Gasteiger charge is -2.36. The number of anilines is 2. The van der Waals surface area contributed by atoms with Gasteiger partial charge in [0.1, 0.15) is 6.04 Å². The molecule has 2 aliphatic rings. The van der Waals surface area contributed by atoms with E-state index in [0.29, 0.717) is 0 Å². The van der Waals surface area contributed by atoms with Crippen molar-refractivity contribution in [2.75, 3.05) is 12.0 Å². The fraction of sp³-hybridized carbons (Fsp3) is 0.269. The quantitative estimate of drug-likeness (QED) is 0.475. The van der Waals surface area contributed by atoms with Crippen molar-refractivity contribution in [1.29, 1.82) is 5.26 Å². The average Bonchev–Trinajstić information content (AvgIpc) is 3.66. The normalized spacial score (nSPS) is 16.9. The van der Waals surface area contributed by atoms with Gasteiger partial charge in [-0.1, -0.05) is 12.1 Å². The number of fused-ring (bicyclic) bond motifs is 1. The van der Waals surface area contributed by atoms with Gasteiger partial charge >= 0.3 is 17.8 Å². The van der Waals surface area contributed by atoms with Crippen LogP contribution in [0.15, 0.2) is 58.5 Å². The fourth-order valence-electron chi connectivity index (χ4n) is 4.63. The highest BCUT2D eigenvalue weighted by Gasteiger charge is 2.41. The zero-order valence-electron chi connectivity index (χ0n) is 20.7. The van der Waals surface area contributed by atoms with E-state index in [4.69, 9.17) is 4.74 Å². The maximum absolute atomic E-state index is 13.5. The molecular weight excluding hydrogens is 517 g/mol. The Morgan fingerprint density at radius 2 is 1.95 bits per heavy atom. The number of carbonyl (C=O) groups is 2. The van der Waals surface area contributed by atoms with Gasteiger partial charge in [-0.05, 0) is 55.7 Å². The number of aromatic nitrogens is 3. The van der Waals surface area contributed by atoms with Crippen molar-refractivity contribution < 1.29 is 27.5 Å². The molecule has 0 bridgehead atoms. The number of rotatable bonds is 5. The molecule has 1 atom stereocenters. The molecule has 0 radical (unpaired) electrons. The third-order valence-electron chi connectivity index (χ3n) is 6.61. The van der Waals surface area contributed by atoms with Crippen molar-refractivity contribution in [2.45, 2.75) is 38.0 Å². The molecule has 0 saturated heterocycles. The Morgan fingerprint density at radius 3 is 2.59 bits per heavy atom. The number of allylic oxidation sites excluding steroid dienone is 1. The van der Waals surface area contributed by atoms with E-state index in [-0.39, 0.29) is 45.6 Å². The zero-order valence-corrected chi connectivity index (χ0v) is 20.7. The van der Waals surface area contributed by atoms with E-state index < -0.39 is 35.3 Å². The molecule has 1 aliphatic carbocycles. The number of hydrogen-bond acceptors (Lipinski definition) is 7. The minimum atomic E-state index is -4.64. The highest BCUT2D eigenvalue weighted by atomic mass is 19.4. The van der Waals surface area contributed by atoms with Crippen LogP contribution in [0.25, 0.3) is 0 Å². The van der Waals surface area contributed by atoms with Crippen LogP contribution in [0.5, 0.6) is 0 Å². The predicted octanol–water partition coefficient (Wildman–Crippen LogP) is 3.54. The monoisotopic (exact) mass is 538 g/mol. The molecule has 2 heterocycles. The largest absolute Gasteiger partial charge is 0.466 e. The van der Waals surface area contributed by atoms with E-state index in [2.05, 4.69) is 15.5 Å². The SMILES string of the molecule is COC(=O)C1=C(C)N(c2cccc(C(F)(F)F)c2)c2n[nH]c(=O)n2C1c1ccc(C#N)cc1C(=O)NC1CC1.